The number of amides is 2. The monoisotopic (exact) mass is 633 g/mol. The van der Waals surface area contributed by atoms with Gasteiger partial charge in [-0.15, -0.1) is 0 Å². The lowest BCUT2D eigenvalue weighted by Gasteiger charge is -2.34. The number of nitrogens with one attached hydrogen (secondary N) is 1. The second-order valence-corrected chi connectivity index (χ2v) is 12.7. The summed E-state index contributed by atoms with van der Waals surface area (Å²) >= 11 is 12.8. The van der Waals surface area contributed by atoms with Gasteiger partial charge in [0.2, 0.25) is 11.8 Å². The van der Waals surface area contributed by atoms with Gasteiger partial charge in [-0.25, -0.2) is 8.42 Å². The quantitative estimate of drug-likeness (QED) is 0.241. The van der Waals surface area contributed by atoms with Crippen molar-refractivity contribution in [2.24, 2.45) is 0 Å². The predicted octanol–water partition coefficient (Wildman–Crippen LogP) is 6.23. The Morgan fingerprint density at radius 2 is 1.64 bits per heavy atom. The predicted molar refractivity (Wildman–Crippen MR) is 168 cm³/mol. The van der Waals surface area contributed by atoms with Crippen LogP contribution in [0.1, 0.15) is 44.7 Å². The second-order valence-electron chi connectivity index (χ2n) is 10.0. The van der Waals surface area contributed by atoms with Crippen LogP contribution in [0.15, 0.2) is 71.6 Å². The van der Waals surface area contributed by atoms with E-state index in [0.29, 0.717) is 24.2 Å². The van der Waals surface area contributed by atoms with Crippen molar-refractivity contribution in [1.82, 2.24) is 10.2 Å². The van der Waals surface area contributed by atoms with Gasteiger partial charge in [-0.1, -0.05) is 72.9 Å². The van der Waals surface area contributed by atoms with E-state index in [4.69, 9.17) is 27.9 Å². The van der Waals surface area contributed by atoms with Crippen molar-refractivity contribution >= 4 is 50.7 Å². The molecule has 0 bridgehead atoms. The highest BCUT2D eigenvalue weighted by molar-refractivity contribution is 7.92. The fraction of sp³-hybridized carbons (Fsp3) is 0.355. The summed E-state index contributed by atoms with van der Waals surface area (Å²) in [5.41, 5.74) is 1.64. The molecule has 3 aromatic rings. The average molecular weight is 635 g/mol. The maximum absolute atomic E-state index is 14.2. The summed E-state index contributed by atoms with van der Waals surface area (Å²) in [6.45, 7) is 6.92. The molecule has 2 atom stereocenters. The molecule has 3 rings (SSSR count). The van der Waals surface area contributed by atoms with Crippen LogP contribution in [-0.4, -0.2) is 50.9 Å². The molecule has 11 heteroatoms. The van der Waals surface area contributed by atoms with Crippen LogP contribution in [0.3, 0.4) is 0 Å². The molecule has 0 aliphatic rings. The van der Waals surface area contributed by atoms with Crippen LogP contribution in [0.2, 0.25) is 10.0 Å². The Hall–Kier alpha value is -3.27. The summed E-state index contributed by atoms with van der Waals surface area (Å²) in [6, 6.07) is 17.1. The van der Waals surface area contributed by atoms with Crippen LogP contribution < -0.4 is 14.4 Å². The minimum absolute atomic E-state index is 0.0106. The molecule has 8 nitrogen and oxygen atoms in total. The fourth-order valence-corrected chi connectivity index (χ4v) is 6.24. The molecule has 0 spiro atoms. The van der Waals surface area contributed by atoms with Gasteiger partial charge in [0.1, 0.15) is 18.3 Å². The molecule has 0 saturated heterocycles. The Balaban J connectivity index is 2.11. The first-order valence-corrected chi connectivity index (χ1v) is 15.9. The van der Waals surface area contributed by atoms with E-state index in [2.05, 4.69) is 5.32 Å². The van der Waals surface area contributed by atoms with Gasteiger partial charge in [0.25, 0.3) is 10.0 Å². The lowest BCUT2D eigenvalue weighted by Crippen LogP contribution is -2.53. The van der Waals surface area contributed by atoms with E-state index in [1.54, 1.807) is 50.4 Å². The van der Waals surface area contributed by atoms with Gasteiger partial charge in [0.05, 0.1) is 27.7 Å². The molecule has 1 N–H and O–H groups in total. The first-order valence-electron chi connectivity index (χ1n) is 13.7. The third-order valence-corrected chi connectivity index (χ3v) is 9.54. The summed E-state index contributed by atoms with van der Waals surface area (Å²) in [4.78, 5) is 29.0. The number of hydrogen-bond donors (Lipinski definition) is 1. The SMILES string of the molecule is CC[C@@H](C)NC(=O)[C@@H](CC)N(Cc1cccc(OC)c1)C(=O)CN(c1cccc(Cl)c1Cl)S(=O)(=O)c1ccc(C)cc1. The number of rotatable bonds is 13. The number of methoxy groups -OCH3 is 1. The molecule has 42 heavy (non-hydrogen) atoms. The number of sulfonamides is 1. The lowest BCUT2D eigenvalue weighted by atomic mass is 10.1. The van der Waals surface area contributed by atoms with Gasteiger partial charge in [-0.2, -0.15) is 0 Å². The minimum atomic E-state index is -4.28. The number of carbonyl (C=O) groups excluding carboxylic acids is 2. The van der Waals surface area contributed by atoms with E-state index in [1.165, 1.54) is 29.2 Å². The summed E-state index contributed by atoms with van der Waals surface area (Å²) in [7, 11) is -2.73. The van der Waals surface area contributed by atoms with Crippen LogP contribution in [0.5, 0.6) is 5.75 Å². The van der Waals surface area contributed by atoms with E-state index in [1.807, 2.05) is 26.8 Å². The summed E-state index contributed by atoms with van der Waals surface area (Å²) in [5, 5.41) is 3.09. The summed E-state index contributed by atoms with van der Waals surface area (Å²) < 4.78 is 34.3. The zero-order valence-electron chi connectivity index (χ0n) is 24.4. The number of benzene rings is 3. The Labute approximate surface area is 258 Å². The highest BCUT2D eigenvalue weighted by Crippen LogP contribution is 2.35. The molecule has 0 aromatic heterocycles. The van der Waals surface area contributed by atoms with Gasteiger partial charge in [-0.3, -0.25) is 13.9 Å². The van der Waals surface area contributed by atoms with Crippen molar-refractivity contribution in [2.45, 2.75) is 64.1 Å². The molecule has 3 aromatic carbocycles. The summed E-state index contributed by atoms with van der Waals surface area (Å²) in [5.74, 6) is -0.321. The molecule has 0 radical (unpaired) electrons. The largest absolute Gasteiger partial charge is 0.497 e. The number of aryl methyl sites for hydroxylation is 1. The van der Waals surface area contributed by atoms with Crippen molar-refractivity contribution in [1.29, 1.82) is 0 Å². The smallest absolute Gasteiger partial charge is 0.264 e. The number of halogens is 2. The molecule has 0 saturated carbocycles. The van der Waals surface area contributed by atoms with Gasteiger partial charge in [-0.05, 0) is 68.7 Å². The molecule has 0 heterocycles. The first-order chi connectivity index (χ1) is 19.9. The van der Waals surface area contributed by atoms with E-state index >= 15 is 0 Å². The average Bonchev–Trinajstić information content (AvgIpc) is 2.97. The topological polar surface area (TPSA) is 96.0 Å². The molecule has 0 unspecified atom stereocenters. The number of ether oxygens (including phenoxy) is 1. The highest BCUT2D eigenvalue weighted by Gasteiger charge is 2.35. The lowest BCUT2D eigenvalue weighted by molar-refractivity contribution is -0.140. The number of hydrogen-bond acceptors (Lipinski definition) is 5. The van der Waals surface area contributed by atoms with Gasteiger partial charge >= 0.3 is 0 Å². The van der Waals surface area contributed by atoms with Crippen LogP contribution in [0, 0.1) is 6.92 Å². The zero-order valence-corrected chi connectivity index (χ0v) is 26.8. The van der Waals surface area contributed by atoms with E-state index in [-0.39, 0.29) is 39.1 Å². The van der Waals surface area contributed by atoms with Crippen molar-refractivity contribution < 1.29 is 22.7 Å². The standard InChI is InChI=1S/C31H37Cl2N3O5S/c1-6-22(4)34-31(38)27(7-2)35(19-23-10-8-11-24(18-23)41-5)29(37)20-36(28-13-9-12-26(32)30(28)33)42(39,40)25-16-14-21(3)15-17-25/h8-18,22,27H,6-7,19-20H2,1-5H3,(H,34,38)/t22-,27-/m1/s1. The molecular formula is C31H37Cl2N3O5S. The van der Waals surface area contributed by atoms with Crippen LogP contribution >= 0.6 is 23.2 Å². The molecule has 226 valence electrons. The number of carbonyl (C=O) groups is 2. The van der Waals surface area contributed by atoms with Crippen molar-refractivity contribution in [3.05, 3.63) is 87.9 Å². The van der Waals surface area contributed by atoms with Gasteiger partial charge < -0.3 is 15.0 Å². The third kappa shape index (κ3) is 7.96. The number of nitrogens with zero attached hydrogens (tertiary/aromatic N) is 2. The van der Waals surface area contributed by atoms with Crippen LogP contribution in [0.25, 0.3) is 0 Å². The molecule has 0 aliphatic heterocycles. The van der Waals surface area contributed by atoms with Gasteiger partial charge in [0, 0.05) is 12.6 Å². The molecule has 2 amide bonds. The van der Waals surface area contributed by atoms with Crippen LogP contribution in [-0.2, 0) is 26.2 Å². The maximum atomic E-state index is 14.2. The Bertz CT molecular complexity index is 1500. The maximum Gasteiger partial charge on any atom is 0.264 e. The van der Waals surface area contributed by atoms with E-state index in [9.17, 15) is 18.0 Å². The minimum Gasteiger partial charge on any atom is -0.497 e. The number of anilines is 1. The fourth-order valence-electron chi connectivity index (χ4n) is 4.36. The molecule has 0 aliphatic carbocycles. The van der Waals surface area contributed by atoms with Crippen molar-refractivity contribution in [3.63, 3.8) is 0 Å². The normalized spacial score (nSPS) is 12.7. The molecule has 0 fully saturated rings. The Kier molecular flexibility index (Phi) is 11.7. The van der Waals surface area contributed by atoms with E-state index < -0.39 is 28.5 Å². The first kappa shape index (κ1) is 33.2. The third-order valence-electron chi connectivity index (χ3n) is 6.96. The second kappa shape index (κ2) is 14.8. The van der Waals surface area contributed by atoms with Crippen LogP contribution in [0.4, 0.5) is 5.69 Å². The van der Waals surface area contributed by atoms with Crippen molar-refractivity contribution in [3.8, 4) is 5.75 Å². The van der Waals surface area contributed by atoms with E-state index in [0.717, 1.165) is 9.87 Å². The van der Waals surface area contributed by atoms with Gasteiger partial charge in [0.15, 0.2) is 0 Å². The Morgan fingerprint density at radius 1 is 0.976 bits per heavy atom. The Morgan fingerprint density at radius 3 is 2.26 bits per heavy atom. The highest BCUT2D eigenvalue weighted by atomic mass is 35.5. The summed E-state index contributed by atoms with van der Waals surface area (Å²) in [6.07, 6.45) is 1.02. The molecular weight excluding hydrogens is 597 g/mol. The zero-order chi connectivity index (χ0) is 31.0. The van der Waals surface area contributed by atoms with Crippen molar-refractivity contribution in [2.75, 3.05) is 18.0 Å².